The summed E-state index contributed by atoms with van der Waals surface area (Å²) in [5.74, 6) is 5.38. The Labute approximate surface area is 132 Å². The Morgan fingerprint density at radius 3 is 2.76 bits per heavy atom. The topological polar surface area (TPSA) is 55.9 Å². The van der Waals surface area contributed by atoms with Crippen LogP contribution in [0.3, 0.4) is 0 Å². The summed E-state index contributed by atoms with van der Waals surface area (Å²) in [5, 5.41) is 4.51. The molecule has 2 rings (SSSR count). The summed E-state index contributed by atoms with van der Waals surface area (Å²) in [6.45, 7) is 4.90. The maximum absolute atomic E-state index is 14.0. The fraction of sp³-hybridized carbons (Fsp3) is 0.400. The standard InChI is InChI=1S/C15H20BrFN4/c1-3-11-8-12(21(4-2)20-11)9-15(19-18)13-7-10(16)5-6-14(13)17/h5-8,15,19H,3-4,9,18H2,1-2H3. The van der Waals surface area contributed by atoms with Gasteiger partial charge in [-0.15, -0.1) is 0 Å². The van der Waals surface area contributed by atoms with Crippen molar-refractivity contribution in [2.75, 3.05) is 0 Å². The predicted octanol–water partition coefficient (Wildman–Crippen LogP) is 3.11. The largest absolute Gasteiger partial charge is 0.271 e. The molecule has 0 fully saturated rings. The summed E-state index contributed by atoms with van der Waals surface area (Å²) in [6, 6.07) is 6.64. The maximum Gasteiger partial charge on any atom is 0.128 e. The number of aromatic nitrogens is 2. The molecule has 1 heterocycles. The van der Waals surface area contributed by atoms with Gasteiger partial charge in [-0.1, -0.05) is 22.9 Å². The van der Waals surface area contributed by atoms with Crippen LogP contribution < -0.4 is 11.3 Å². The molecule has 2 aromatic rings. The van der Waals surface area contributed by atoms with Crippen LogP contribution in [0.2, 0.25) is 0 Å². The van der Waals surface area contributed by atoms with Crippen LogP contribution in [0.4, 0.5) is 4.39 Å². The van der Waals surface area contributed by atoms with Gasteiger partial charge < -0.3 is 0 Å². The van der Waals surface area contributed by atoms with Crippen molar-refractivity contribution in [3.8, 4) is 0 Å². The fourth-order valence-electron chi connectivity index (χ4n) is 2.38. The third-order valence-corrected chi connectivity index (χ3v) is 4.02. The van der Waals surface area contributed by atoms with E-state index in [-0.39, 0.29) is 11.9 Å². The molecule has 0 saturated heterocycles. The number of aryl methyl sites for hydroxylation is 2. The molecule has 0 aliphatic heterocycles. The first kappa shape index (κ1) is 16.1. The lowest BCUT2D eigenvalue weighted by Crippen LogP contribution is -2.31. The summed E-state index contributed by atoms with van der Waals surface area (Å²) in [5.41, 5.74) is 5.35. The first-order valence-electron chi connectivity index (χ1n) is 7.05. The van der Waals surface area contributed by atoms with Gasteiger partial charge in [0.05, 0.1) is 11.7 Å². The smallest absolute Gasteiger partial charge is 0.128 e. The number of hydrogen-bond acceptors (Lipinski definition) is 3. The van der Waals surface area contributed by atoms with Gasteiger partial charge in [0, 0.05) is 28.7 Å². The highest BCUT2D eigenvalue weighted by Crippen LogP contribution is 2.24. The van der Waals surface area contributed by atoms with Crippen molar-refractivity contribution in [2.24, 2.45) is 5.84 Å². The predicted molar refractivity (Wildman–Crippen MR) is 85.1 cm³/mol. The Hall–Kier alpha value is -1.24. The third kappa shape index (κ3) is 3.70. The Balaban J connectivity index is 2.30. The second kappa shape index (κ2) is 7.15. The van der Waals surface area contributed by atoms with E-state index >= 15 is 0 Å². The van der Waals surface area contributed by atoms with Gasteiger partial charge in [0.2, 0.25) is 0 Å². The molecule has 0 radical (unpaired) electrons. The highest BCUT2D eigenvalue weighted by molar-refractivity contribution is 9.10. The molecule has 0 amide bonds. The molecule has 1 atom stereocenters. The Bertz CT molecular complexity index is 612. The molecule has 4 nitrogen and oxygen atoms in total. The average molecular weight is 355 g/mol. The second-order valence-electron chi connectivity index (χ2n) is 4.89. The lowest BCUT2D eigenvalue weighted by atomic mass is 10.0. The highest BCUT2D eigenvalue weighted by Gasteiger charge is 2.18. The van der Waals surface area contributed by atoms with Crippen LogP contribution in [0.25, 0.3) is 0 Å². The number of nitrogens with zero attached hydrogens (tertiary/aromatic N) is 2. The molecule has 0 aliphatic rings. The molecule has 21 heavy (non-hydrogen) atoms. The van der Waals surface area contributed by atoms with Gasteiger partial charge in [0.15, 0.2) is 0 Å². The number of nitrogens with one attached hydrogen (secondary N) is 1. The van der Waals surface area contributed by atoms with Crippen molar-refractivity contribution in [3.63, 3.8) is 0 Å². The van der Waals surface area contributed by atoms with Crippen molar-refractivity contribution >= 4 is 15.9 Å². The van der Waals surface area contributed by atoms with E-state index < -0.39 is 0 Å². The average Bonchev–Trinajstić information content (AvgIpc) is 2.89. The minimum Gasteiger partial charge on any atom is -0.271 e. The van der Waals surface area contributed by atoms with Gasteiger partial charge >= 0.3 is 0 Å². The van der Waals surface area contributed by atoms with Crippen molar-refractivity contribution in [1.82, 2.24) is 15.2 Å². The third-order valence-electron chi connectivity index (χ3n) is 3.52. The summed E-state index contributed by atoms with van der Waals surface area (Å²) in [7, 11) is 0. The Morgan fingerprint density at radius 1 is 1.38 bits per heavy atom. The van der Waals surface area contributed by atoms with Crippen LogP contribution >= 0.6 is 15.9 Å². The molecule has 6 heteroatoms. The molecular weight excluding hydrogens is 335 g/mol. The van der Waals surface area contributed by atoms with Crippen LogP contribution in [-0.2, 0) is 19.4 Å². The number of hydrazine groups is 1. The van der Waals surface area contributed by atoms with Crippen molar-refractivity contribution in [2.45, 2.75) is 39.3 Å². The van der Waals surface area contributed by atoms with E-state index in [4.69, 9.17) is 5.84 Å². The summed E-state index contributed by atoms with van der Waals surface area (Å²) in [4.78, 5) is 0. The molecule has 1 aromatic heterocycles. The Morgan fingerprint density at radius 2 is 2.14 bits per heavy atom. The fourth-order valence-corrected chi connectivity index (χ4v) is 2.75. The van der Waals surface area contributed by atoms with Gasteiger partial charge in [-0.3, -0.25) is 16.0 Å². The molecule has 0 saturated carbocycles. The summed E-state index contributed by atoms with van der Waals surface area (Å²) >= 11 is 3.37. The number of nitrogens with two attached hydrogens (primary N) is 1. The van der Waals surface area contributed by atoms with E-state index in [1.54, 1.807) is 12.1 Å². The zero-order valence-corrected chi connectivity index (χ0v) is 13.8. The number of rotatable bonds is 6. The van der Waals surface area contributed by atoms with Crippen LogP contribution in [0.15, 0.2) is 28.7 Å². The Kier molecular flexibility index (Phi) is 5.50. The summed E-state index contributed by atoms with van der Waals surface area (Å²) < 4.78 is 16.8. The van der Waals surface area contributed by atoms with E-state index in [1.165, 1.54) is 6.07 Å². The molecule has 0 aliphatic carbocycles. The van der Waals surface area contributed by atoms with Gasteiger partial charge in [-0.05, 0) is 37.6 Å². The highest BCUT2D eigenvalue weighted by atomic mass is 79.9. The lowest BCUT2D eigenvalue weighted by Gasteiger charge is -2.18. The molecular formula is C15H20BrFN4. The van der Waals surface area contributed by atoms with Crippen LogP contribution in [0, 0.1) is 5.82 Å². The van der Waals surface area contributed by atoms with Gasteiger partial charge in [-0.2, -0.15) is 5.10 Å². The number of halogens is 2. The monoisotopic (exact) mass is 354 g/mol. The van der Waals surface area contributed by atoms with Gasteiger partial charge in [0.1, 0.15) is 5.82 Å². The zero-order valence-electron chi connectivity index (χ0n) is 12.2. The minimum absolute atomic E-state index is 0.264. The molecule has 114 valence electrons. The molecule has 0 spiro atoms. The quantitative estimate of drug-likeness (QED) is 0.618. The van der Waals surface area contributed by atoms with Crippen molar-refractivity contribution < 1.29 is 4.39 Å². The summed E-state index contributed by atoms with van der Waals surface area (Å²) in [6.07, 6.45) is 1.47. The molecule has 1 aromatic carbocycles. The van der Waals surface area contributed by atoms with Crippen molar-refractivity contribution in [3.05, 3.63) is 51.5 Å². The molecule has 1 unspecified atom stereocenters. The number of hydrogen-bond donors (Lipinski definition) is 2. The van der Waals surface area contributed by atoms with E-state index in [9.17, 15) is 4.39 Å². The van der Waals surface area contributed by atoms with Gasteiger partial charge in [-0.25, -0.2) is 4.39 Å². The van der Waals surface area contributed by atoms with Crippen molar-refractivity contribution in [1.29, 1.82) is 0 Å². The normalized spacial score (nSPS) is 12.6. The van der Waals surface area contributed by atoms with Crippen LogP contribution in [-0.4, -0.2) is 9.78 Å². The lowest BCUT2D eigenvalue weighted by molar-refractivity contribution is 0.489. The molecule has 3 N–H and O–H groups in total. The number of benzene rings is 1. The second-order valence-corrected chi connectivity index (χ2v) is 5.80. The van der Waals surface area contributed by atoms with Crippen LogP contribution in [0.1, 0.15) is 36.8 Å². The van der Waals surface area contributed by atoms with E-state index in [1.807, 2.05) is 11.6 Å². The molecule has 0 bridgehead atoms. The SMILES string of the molecule is CCc1cc(CC(NN)c2cc(Br)ccc2F)n(CC)n1. The zero-order chi connectivity index (χ0) is 15.4. The van der Waals surface area contributed by atoms with E-state index in [2.05, 4.69) is 39.4 Å². The maximum atomic E-state index is 14.0. The van der Waals surface area contributed by atoms with Gasteiger partial charge in [0.25, 0.3) is 0 Å². The minimum atomic E-state index is -0.297. The van der Waals surface area contributed by atoms with Crippen LogP contribution in [0.5, 0.6) is 0 Å². The van der Waals surface area contributed by atoms with E-state index in [0.717, 1.165) is 28.8 Å². The van der Waals surface area contributed by atoms with E-state index in [0.29, 0.717) is 12.0 Å². The first-order valence-corrected chi connectivity index (χ1v) is 7.85. The first-order chi connectivity index (χ1) is 10.1.